The maximum absolute atomic E-state index is 14.0. The average Bonchev–Trinajstić information content (AvgIpc) is 2.90. The Morgan fingerprint density at radius 1 is 1.48 bits per heavy atom. The van der Waals surface area contributed by atoms with Crippen molar-refractivity contribution in [1.82, 2.24) is 10.1 Å². The smallest absolute Gasteiger partial charge is 0.261 e. The minimum absolute atomic E-state index is 0.0433. The molecule has 0 amide bonds. The van der Waals surface area contributed by atoms with Crippen LogP contribution in [0.2, 0.25) is 0 Å². The fourth-order valence-corrected chi connectivity index (χ4v) is 2.00. The van der Waals surface area contributed by atoms with Gasteiger partial charge in [-0.25, -0.2) is 4.39 Å². The zero-order valence-electron chi connectivity index (χ0n) is 12.1. The first-order chi connectivity index (χ1) is 9.81. The van der Waals surface area contributed by atoms with Gasteiger partial charge in [0.1, 0.15) is 11.4 Å². The van der Waals surface area contributed by atoms with Crippen molar-refractivity contribution in [2.45, 2.75) is 32.4 Å². The molecule has 1 unspecified atom stereocenters. The van der Waals surface area contributed by atoms with Crippen LogP contribution >= 0.6 is 15.9 Å². The second-order valence-electron chi connectivity index (χ2n) is 5.30. The molecule has 1 heterocycles. The van der Waals surface area contributed by atoms with Crippen LogP contribution in [0.25, 0.3) is 11.5 Å². The zero-order chi connectivity index (χ0) is 15.6. The van der Waals surface area contributed by atoms with Gasteiger partial charge in [0.25, 0.3) is 5.89 Å². The molecule has 2 N–H and O–H groups in total. The van der Waals surface area contributed by atoms with Gasteiger partial charge < -0.3 is 15.0 Å². The second-order valence-corrected chi connectivity index (χ2v) is 6.16. The molecule has 1 aromatic heterocycles. The van der Waals surface area contributed by atoms with E-state index in [4.69, 9.17) is 15.0 Å². The fraction of sp³-hybridized carbons (Fsp3) is 0.429. The van der Waals surface area contributed by atoms with Crippen molar-refractivity contribution in [1.29, 1.82) is 0 Å². The van der Waals surface area contributed by atoms with Crippen LogP contribution in [-0.4, -0.2) is 22.9 Å². The molecule has 2 rings (SSSR count). The highest BCUT2D eigenvalue weighted by molar-refractivity contribution is 9.10. The molecule has 114 valence electrons. The lowest BCUT2D eigenvalue weighted by Crippen LogP contribution is -2.40. The molecule has 2 aromatic rings. The van der Waals surface area contributed by atoms with Crippen LogP contribution in [0.15, 0.2) is 27.2 Å². The predicted molar refractivity (Wildman–Crippen MR) is 80.0 cm³/mol. The summed E-state index contributed by atoms with van der Waals surface area (Å²) >= 11 is 3.12. The molecule has 0 spiro atoms. The number of hydrogen-bond acceptors (Lipinski definition) is 5. The summed E-state index contributed by atoms with van der Waals surface area (Å²) in [4.78, 5) is 4.19. The summed E-state index contributed by atoms with van der Waals surface area (Å²) in [6.45, 7) is 5.80. The molecular formula is C14H17BrFN3O2. The van der Waals surface area contributed by atoms with E-state index >= 15 is 0 Å². The van der Waals surface area contributed by atoms with Crippen LogP contribution in [0.5, 0.6) is 0 Å². The zero-order valence-corrected chi connectivity index (χ0v) is 13.6. The molecule has 5 nitrogen and oxygen atoms in total. The van der Waals surface area contributed by atoms with E-state index in [1.165, 1.54) is 0 Å². The molecule has 7 heteroatoms. The van der Waals surface area contributed by atoms with Crippen LogP contribution in [0.1, 0.15) is 26.6 Å². The summed E-state index contributed by atoms with van der Waals surface area (Å²) in [6, 6.07) is 4.85. The highest BCUT2D eigenvalue weighted by Crippen LogP contribution is 2.28. The first-order valence-electron chi connectivity index (χ1n) is 6.50. The van der Waals surface area contributed by atoms with Crippen LogP contribution in [0, 0.1) is 5.82 Å². The molecule has 0 fully saturated rings. The Bertz CT molecular complexity index is 628. The lowest BCUT2D eigenvalue weighted by Gasteiger charge is -2.21. The Kier molecular flexibility index (Phi) is 4.75. The van der Waals surface area contributed by atoms with Crippen LogP contribution < -0.4 is 5.73 Å². The Morgan fingerprint density at radius 3 is 2.86 bits per heavy atom. The van der Waals surface area contributed by atoms with Crippen molar-refractivity contribution in [2.75, 3.05) is 6.61 Å². The van der Waals surface area contributed by atoms with Crippen molar-refractivity contribution in [2.24, 2.45) is 5.73 Å². The Labute approximate surface area is 130 Å². The molecular weight excluding hydrogens is 341 g/mol. The largest absolute Gasteiger partial charge is 0.376 e. The van der Waals surface area contributed by atoms with E-state index in [1.54, 1.807) is 25.1 Å². The second kappa shape index (κ2) is 6.21. The first kappa shape index (κ1) is 16.1. The van der Waals surface area contributed by atoms with E-state index in [1.807, 2.05) is 13.8 Å². The van der Waals surface area contributed by atoms with Gasteiger partial charge in [0.2, 0.25) is 0 Å². The number of halogens is 2. The Balaban J connectivity index is 2.27. The molecule has 0 saturated carbocycles. The average molecular weight is 358 g/mol. The maximum Gasteiger partial charge on any atom is 0.261 e. The van der Waals surface area contributed by atoms with Gasteiger partial charge in [0.15, 0.2) is 5.82 Å². The lowest BCUT2D eigenvalue weighted by molar-refractivity contribution is 0.0410. The van der Waals surface area contributed by atoms with E-state index in [2.05, 4.69) is 26.1 Å². The summed E-state index contributed by atoms with van der Waals surface area (Å²) in [6.07, 6.45) is 0.0433. The van der Waals surface area contributed by atoms with Gasteiger partial charge in [-0.15, -0.1) is 0 Å². The molecule has 21 heavy (non-hydrogen) atoms. The highest BCUT2D eigenvalue weighted by atomic mass is 79.9. The fourth-order valence-electron chi connectivity index (χ4n) is 1.64. The van der Waals surface area contributed by atoms with Gasteiger partial charge in [-0.1, -0.05) is 11.2 Å². The van der Waals surface area contributed by atoms with Crippen LogP contribution in [0.4, 0.5) is 4.39 Å². The van der Waals surface area contributed by atoms with E-state index in [0.717, 1.165) is 0 Å². The predicted octanol–water partition coefficient (Wildman–Crippen LogP) is 3.24. The SMILES string of the molecule is CC(C)OCC(C)(N)c1noc(-c2cccc(Br)c2F)n1. The number of nitrogens with two attached hydrogens (primary N) is 1. The van der Waals surface area contributed by atoms with Crippen molar-refractivity contribution in [3.63, 3.8) is 0 Å². The summed E-state index contributed by atoms with van der Waals surface area (Å²) in [5.41, 5.74) is 5.45. The molecule has 0 saturated heterocycles. The minimum atomic E-state index is -0.908. The van der Waals surface area contributed by atoms with Gasteiger partial charge in [-0.05, 0) is 48.8 Å². The number of ether oxygens (including phenoxy) is 1. The van der Waals surface area contributed by atoms with Crippen LogP contribution in [-0.2, 0) is 10.3 Å². The highest BCUT2D eigenvalue weighted by Gasteiger charge is 2.29. The third-order valence-electron chi connectivity index (χ3n) is 2.84. The monoisotopic (exact) mass is 357 g/mol. The Morgan fingerprint density at radius 2 is 2.19 bits per heavy atom. The van der Waals surface area contributed by atoms with Gasteiger partial charge in [0.05, 0.1) is 22.7 Å². The van der Waals surface area contributed by atoms with Crippen molar-refractivity contribution < 1.29 is 13.7 Å². The molecule has 0 aliphatic heterocycles. The summed E-state index contributed by atoms with van der Waals surface area (Å²) in [5.74, 6) is -0.0904. The number of rotatable bonds is 5. The molecule has 1 atom stereocenters. The molecule has 1 aromatic carbocycles. The third kappa shape index (κ3) is 3.66. The normalized spacial score (nSPS) is 14.4. The van der Waals surface area contributed by atoms with Gasteiger partial charge in [-0.3, -0.25) is 0 Å². The Hall–Kier alpha value is -1.31. The summed E-state index contributed by atoms with van der Waals surface area (Å²) in [7, 11) is 0. The quantitative estimate of drug-likeness (QED) is 0.888. The van der Waals surface area contributed by atoms with Gasteiger partial charge in [0, 0.05) is 0 Å². The molecule has 0 bridgehead atoms. The minimum Gasteiger partial charge on any atom is -0.376 e. The lowest BCUT2D eigenvalue weighted by atomic mass is 10.1. The molecule has 0 aliphatic carbocycles. The number of aromatic nitrogens is 2. The van der Waals surface area contributed by atoms with Crippen molar-refractivity contribution in [3.05, 3.63) is 34.3 Å². The van der Waals surface area contributed by atoms with E-state index in [0.29, 0.717) is 4.47 Å². The van der Waals surface area contributed by atoms with Crippen molar-refractivity contribution in [3.8, 4) is 11.5 Å². The summed E-state index contributed by atoms with van der Waals surface area (Å²) in [5, 5.41) is 3.84. The summed E-state index contributed by atoms with van der Waals surface area (Å²) < 4.78 is 25.0. The third-order valence-corrected chi connectivity index (χ3v) is 3.45. The van der Waals surface area contributed by atoms with E-state index in [9.17, 15) is 4.39 Å². The van der Waals surface area contributed by atoms with Crippen molar-refractivity contribution >= 4 is 15.9 Å². The molecule has 0 radical (unpaired) electrons. The first-order valence-corrected chi connectivity index (χ1v) is 7.29. The maximum atomic E-state index is 14.0. The van der Waals surface area contributed by atoms with E-state index < -0.39 is 11.4 Å². The standard InChI is InChI=1S/C14H17BrFN3O2/c1-8(2)20-7-14(3,17)13-18-12(21-19-13)9-5-4-6-10(15)11(9)16/h4-6,8H,7,17H2,1-3H3. The molecule has 0 aliphatic rings. The topological polar surface area (TPSA) is 74.2 Å². The van der Waals surface area contributed by atoms with Gasteiger partial charge >= 0.3 is 0 Å². The van der Waals surface area contributed by atoms with Crippen LogP contribution in [0.3, 0.4) is 0 Å². The number of hydrogen-bond donors (Lipinski definition) is 1. The number of benzene rings is 1. The van der Waals surface area contributed by atoms with E-state index in [-0.39, 0.29) is 30.0 Å². The number of nitrogens with zero attached hydrogens (tertiary/aromatic N) is 2. The van der Waals surface area contributed by atoms with Gasteiger partial charge in [-0.2, -0.15) is 4.98 Å².